The van der Waals surface area contributed by atoms with E-state index in [1.165, 1.54) is 6.20 Å². The summed E-state index contributed by atoms with van der Waals surface area (Å²) in [6.45, 7) is 0.352. The topological polar surface area (TPSA) is 102 Å². The van der Waals surface area contributed by atoms with Crippen molar-refractivity contribution in [1.82, 2.24) is 4.98 Å². The van der Waals surface area contributed by atoms with Gasteiger partial charge in [0.25, 0.3) is 0 Å². The second-order valence-corrected chi connectivity index (χ2v) is 6.71. The lowest BCUT2D eigenvalue weighted by molar-refractivity contribution is 0.1000. The number of anilines is 1. The SMILES string of the molecule is NC(=O)c1ccc(NCC2CCCS2(=O)=O)nc1. The number of sulfone groups is 1. The zero-order valence-electron chi connectivity index (χ0n) is 9.80. The van der Waals surface area contributed by atoms with E-state index in [-0.39, 0.29) is 11.0 Å². The quantitative estimate of drug-likeness (QED) is 0.811. The molecule has 0 spiro atoms. The molecule has 98 valence electrons. The number of aromatic nitrogens is 1. The lowest BCUT2D eigenvalue weighted by atomic mass is 10.2. The van der Waals surface area contributed by atoms with Crippen molar-refractivity contribution in [2.24, 2.45) is 5.73 Å². The maximum Gasteiger partial charge on any atom is 0.250 e. The van der Waals surface area contributed by atoms with Crippen molar-refractivity contribution in [2.45, 2.75) is 18.1 Å². The Hall–Kier alpha value is -1.63. The number of nitrogens with zero attached hydrogens (tertiary/aromatic N) is 1. The smallest absolute Gasteiger partial charge is 0.250 e. The second-order valence-electron chi connectivity index (χ2n) is 4.31. The molecule has 0 aliphatic carbocycles. The molecule has 6 nitrogen and oxygen atoms in total. The van der Waals surface area contributed by atoms with Crippen LogP contribution in [0, 0.1) is 0 Å². The number of carbonyl (C=O) groups excluding carboxylic acids is 1. The van der Waals surface area contributed by atoms with E-state index >= 15 is 0 Å². The van der Waals surface area contributed by atoms with Gasteiger partial charge >= 0.3 is 0 Å². The Bertz CT molecular complexity index is 539. The Morgan fingerprint density at radius 2 is 2.28 bits per heavy atom. The molecular weight excluding hydrogens is 254 g/mol. The third kappa shape index (κ3) is 2.79. The first-order valence-electron chi connectivity index (χ1n) is 5.70. The van der Waals surface area contributed by atoms with Crippen LogP contribution in [-0.2, 0) is 9.84 Å². The molecule has 1 unspecified atom stereocenters. The third-order valence-electron chi connectivity index (χ3n) is 3.02. The fourth-order valence-electron chi connectivity index (χ4n) is 1.95. The number of hydrogen-bond donors (Lipinski definition) is 2. The van der Waals surface area contributed by atoms with Gasteiger partial charge in [0.1, 0.15) is 5.82 Å². The van der Waals surface area contributed by atoms with Crippen LogP contribution in [0.3, 0.4) is 0 Å². The lowest BCUT2D eigenvalue weighted by Gasteiger charge is -2.11. The molecule has 1 fully saturated rings. The Labute approximate surface area is 106 Å². The van der Waals surface area contributed by atoms with Gasteiger partial charge in [-0.1, -0.05) is 0 Å². The first kappa shape index (κ1) is 12.8. The molecule has 3 N–H and O–H groups in total. The highest BCUT2D eigenvalue weighted by Gasteiger charge is 2.30. The van der Waals surface area contributed by atoms with Crippen LogP contribution in [0.25, 0.3) is 0 Å². The van der Waals surface area contributed by atoms with Gasteiger partial charge in [-0.25, -0.2) is 13.4 Å². The lowest BCUT2D eigenvalue weighted by Crippen LogP contribution is -2.25. The number of nitrogens with two attached hydrogens (primary N) is 1. The molecule has 1 atom stereocenters. The summed E-state index contributed by atoms with van der Waals surface area (Å²) in [5, 5.41) is 2.63. The van der Waals surface area contributed by atoms with Crippen LogP contribution in [0.15, 0.2) is 18.3 Å². The van der Waals surface area contributed by atoms with Gasteiger partial charge in [0, 0.05) is 12.7 Å². The van der Waals surface area contributed by atoms with Crippen LogP contribution in [0.4, 0.5) is 5.82 Å². The molecule has 0 aromatic carbocycles. The average molecular weight is 269 g/mol. The van der Waals surface area contributed by atoms with E-state index < -0.39 is 15.7 Å². The minimum absolute atomic E-state index is 0.271. The summed E-state index contributed by atoms with van der Waals surface area (Å²) in [6.07, 6.45) is 2.78. The first-order valence-corrected chi connectivity index (χ1v) is 7.42. The van der Waals surface area contributed by atoms with E-state index in [4.69, 9.17) is 5.73 Å². The van der Waals surface area contributed by atoms with Gasteiger partial charge in [0.15, 0.2) is 9.84 Å². The summed E-state index contributed by atoms with van der Waals surface area (Å²) < 4.78 is 23.2. The molecule has 18 heavy (non-hydrogen) atoms. The standard InChI is InChI=1S/C11H15N3O3S/c12-11(15)8-3-4-10(13-6-8)14-7-9-2-1-5-18(9,16)17/h3-4,6,9H,1-2,5,7H2,(H2,12,15)(H,13,14). The minimum Gasteiger partial charge on any atom is -0.369 e. The molecular formula is C11H15N3O3S. The van der Waals surface area contributed by atoms with Crippen molar-refractivity contribution >= 4 is 21.6 Å². The summed E-state index contributed by atoms with van der Waals surface area (Å²) in [7, 11) is -2.94. The number of carbonyl (C=O) groups is 1. The van der Waals surface area contributed by atoms with Crippen molar-refractivity contribution in [3.05, 3.63) is 23.9 Å². The third-order valence-corrected chi connectivity index (χ3v) is 5.30. The maximum absolute atomic E-state index is 11.6. The molecule has 0 bridgehead atoms. The number of pyridine rings is 1. The van der Waals surface area contributed by atoms with Gasteiger partial charge in [0.05, 0.1) is 16.6 Å². The molecule has 1 aliphatic rings. The van der Waals surface area contributed by atoms with Crippen LogP contribution < -0.4 is 11.1 Å². The number of rotatable bonds is 4. The highest BCUT2D eigenvalue weighted by atomic mass is 32.2. The largest absolute Gasteiger partial charge is 0.369 e. The Balaban J connectivity index is 1.96. The van der Waals surface area contributed by atoms with Crippen LogP contribution >= 0.6 is 0 Å². The Morgan fingerprint density at radius 3 is 2.78 bits per heavy atom. The normalized spacial score (nSPS) is 21.7. The highest BCUT2D eigenvalue weighted by Crippen LogP contribution is 2.20. The number of primary amides is 1. The summed E-state index contributed by atoms with van der Waals surface area (Å²) in [5.41, 5.74) is 5.42. The number of amides is 1. The van der Waals surface area contributed by atoms with E-state index in [0.717, 1.165) is 6.42 Å². The predicted octanol–water partition coefficient (Wildman–Crippen LogP) is 0.170. The molecule has 0 saturated carbocycles. The van der Waals surface area contributed by atoms with Crippen molar-refractivity contribution in [2.75, 3.05) is 17.6 Å². The average Bonchev–Trinajstić information content (AvgIpc) is 2.66. The fraction of sp³-hybridized carbons (Fsp3) is 0.455. The van der Waals surface area contributed by atoms with E-state index in [0.29, 0.717) is 24.3 Å². The van der Waals surface area contributed by atoms with Crippen molar-refractivity contribution in [1.29, 1.82) is 0 Å². The maximum atomic E-state index is 11.6. The molecule has 1 aromatic rings. The molecule has 2 rings (SSSR count). The summed E-state index contributed by atoms with van der Waals surface area (Å²) in [5.74, 6) is 0.280. The van der Waals surface area contributed by atoms with Crippen LogP contribution in [0.5, 0.6) is 0 Å². The van der Waals surface area contributed by atoms with Crippen molar-refractivity contribution < 1.29 is 13.2 Å². The molecule has 2 heterocycles. The Kier molecular flexibility index (Phi) is 3.51. The fourth-order valence-corrected chi connectivity index (χ4v) is 3.72. The Morgan fingerprint density at radius 1 is 1.50 bits per heavy atom. The minimum atomic E-state index is -2.94. The van der Waals surface area contributed by atoms with E-state index in [1.54, 1.807) is 12.1 Å². The van der Waals surface area contributed by atoms with Gasteiger partial charge in [-0.15, -0.1) is 0 Å². The van der Waals surface area contributed by atoms with Crippen LogP contribution in [0.1, 0.15) is 23.2 Å². The predicted molar refractivity (Wildman–Crippen MR) is 68.1 cm³/mol. The van der Waals surface area contributed by atoms with Gasteiger partial charge in [-0.05, 0) is 25.0 Å². The van der Waals surface area contributed by atoms with E-state index in [2.05, 4.69) is 10.3 Å². The van der Waals surface area contributed by atoms with Crippen molar-refractivity contribution in [3.8, 4) is 0 Å². The molecule has 1 aliphatic heterocycles. The number of hydrogen-bond acceptors (Lipinski definition) is 5. The highest BCUT2D eigenvalue weighted by molar-refractivity contribution is 7.92. The van der Waals surface area contributed by atoms with Crippen LogP contribution in [-0.4, -0.2) is 36.9 Å². The summed E-state index contributed by atoms with van der Waals surface area (Å²) in [4.78, 5) is 14.8. The molecule has 7 heteroatoms. The molecule has 0 radical (unpaired) electrons. The van der Waals surface area contributed by atoms with Gasteiger partial charge in [-0.3, -0.25) is 4.79 Å². The van der Waals surface area contributed by atoms with Crippen LogP contribution in [0.2, 0.25) is 0 Å². The molecule has 1 amide bonds. The van der Waals surface area contributed by atoms with Gasteiger partial charge in [0.2, 0.25) is 5.91 Å². The zero-order valence-corrected chi connectivity index (χ0v) is 10.6. The van der Waals surface area contributed by atoms with E-state index in [1.807, 2.05) is 0 Å². The monoisotopic (exact) mass is 269 g/mol. The zero-order chi connectivity index (χ0) is 13.2. The summed E-state index contributed by atoms with van der Waals surface area (Å²) >= 11 is 0. The first-order chi connectivity index (χ1) is 8.49. The summed E-state index contributed by atoms with van der Waals surface area (Å²) in [6, 6.07) is 3.17. The van der Waals surface area contributed by atoms with Crippen molar-refractivity contribution in [3.63, 3.8) is 0 Å². The number of nitrogens with one attached hydrogen (secondary N) is 1. The van der Waals surface area contributed by atoms with Gasteiger partial charge < -0.3 is 11.1 Å². The van der Waals surface area contributed by atoms with E-state index in [9.17, 15) is 13.2 Å². The second kappa shape index (κ2) is 4.93. The van der Waals surface area contributed by atoms with Gasteiger partial charge in [-0.2, -0.15) is 0 Å². The molecule has 1 aromatic heterocycles. The molecule has 1 saturated heterocycles.